The monoisotopic (exact) mass is 395 g/mol. The van der Waals surface area contributed by atoms with Crippen LogP contribution in [0.4, 0.5) is 0 Å². The van der Waals surface area contributed by atoms with E-state index < -0.39 is 25.9 Å². The molecule has 1 saturated heterocycles. The van der Waals surface area contributed by atoms with Gasteiger partial charge in [-0.15, -0.1) is 6.58 Å². The van der Waals surface area contributed by atoms with Crippen molar-refractivity contribution in [3.63, 3.8) is 0 Å². The van der Waals surface area contributed by atoms with Crippen LogP contribution < -0.4 is 0 Å². The van der Waals surface area contributed by atoms with Crippen molar-refractivity contribution in [1.29, 1.82) is 0 Å². The lowest BCUT2D eigenvalue weighted by Crippen LogP contribution is -2.41. The number of aromatic nitrogens is 2. The molecular weight excluding hydrogens is 374 g/mol. The van der Waals surface area contributed by atoms with Gasteiger partial charge in [-0.25, -0.2) is 21.5 Å². The van der Waals surface area contributed by atoms with Gasteiger partial charge in [0.05, 0.1) is 22.1 Å². The predicted molar refractivity (Wildman–Crippen MR) is 99.4 cm³/mol. The third-order valence-corrected chi connectivity index (χ3v) is 8.26. The number of benzene rings is 1. The molecule has 0 radical (unpaired) electrons. The Morgan fingerprint density at radius 2 is 2.19 bits per heavy atom. The fourth-order valence-electron chi connectivity index (χ4n) is 3.13. The molecule has 1 aliphatic heterocycles. The first-order valence-corrected chi connectivity index (χ1v) is 11.4. The van der Waals surface area contributed by atoms with Crippen LogP contribution in [0.5, 0.6) is 0 Å². The van der Waals surface area contributed by atoms with E-state index in [-0.39, 0.29) is 22.9 Å². The minimum absolute atomic E-state index is 0.00708. The second kappa shape index (κ2) is 6.98. The van der Waals surface area contributed by atoms with Crippen molar-refractivity contribution in [3.05, 3.63) is 54.9 Å². The average Bonchev–Trinajstić information content (AvgIpc) is 3.22. The first kappa shape index (κ1) is 18.8. The molecule has 0 N–H and O–H groups in total. The Morgan fingerprint density at radius 1 is 1.42 bits per heavy atom. The van der Waals surface area contributed by atoms with Crippen LogP contribution >= 0.6 is 0 Å². The summed E-state index contributed by atoms with van der Waals surface area (Å²) in [5.74, 6) is -0.148. The number of hydrogen-bond acceptors (Lipinski definition) is 5. The second-order valence-electron chi connectivity index (χ2n) is 6.32. The summed E-state index contributed by atoms with van der Waals surface area (Å²) in [7, 11) is -7.09. The van der Waals surface area contributed by atoms with Crippen LogP contribution in [0.3, 0.4) is 0 Å². The zero-order valence-corrected chi connectivity index (χ0v) is 16.1. The lowest BCUT2D eigenvalue weighted by molar-refractivity contribution is 0.367. The van der Waals surface area contributed by atoms with Gasteiger partial charge in [0.1, 0.15) is 0 Å². The molecule has 140 valence electrons. The van der Waals surface area contributed by atoms with Gasteiger partial charge in [0, 0.05) is 25.0 Å². The summed E-state index contributed by atoms with van der Waals surface area (Å²) in [5.41, 5.74) is 1.22. The third kappa shape index (κ3) is 3.60. The number of hydrogen-bond donors (Lipinski definition) is 0. The van der Waals surface area contributed by atoms with Gasteiger partial charge in [0.25, 0.3) is 0 Å². The molecule has 1 fully saturated rings. The van der Waals surface area contributed by atoms with Gasteiger partial charge in [0.2, 0.25) is 10.0 Å². The molecule has 0 amide bonds. The average molecular weight is 396 g/mol. The summed E-state index contributed by atoms with van der Waals surface area (Å²) in [6.07, 6.45) is 5.12. The summed E-state index contributed by atoms with van der Waals surface area (Å²) in [6, 6.07) is 6.26. The zero-order valence-electron chi connectivity index (χ0n) is 14.4. The van der Waals surface area contributed by atoms with E-state index in [9.17, 15) is 16.8 Å². The van der Waals surface area contributed by atoms with Crippen molar-refractivity contribution in [2.45, 2.75) is 24.3 Å². The third-order valence-electron chi connectivity index (χ3n) is 4.45. The van der Waals surface area contributed by atoms with Crippen molar-refractivity contribution in [3.8, 4) is 5.69 Å². The van der Waals surface area contributed by atoms with E-state index in [0.717, 1.165) is 0 Å². The van der Waals surface area contributed by atoms with Crippen molar-refractivity contribution >= 4 is 19.9 Å². The molecule has 0 bridgehead atoms. The molecule has 1 atom stereocenters. The number of sulfone groups is 1. The summed E-state index contributed by atoms with van der Waals surface area (Å²) < 4.78 is 53.1. The molecule has 2 heterocycles. The van der Waals surface area contributed by atoms with Crippen LogP contribution in [0.1, 0.15) is 12.0 Å². The van der Waals surface area contributed by atoms with Gasteiger partial charge >= 0.3 is 0 Å². The van der Waals surface area contributed by atoms with Crippen LogP contribution in [0.25, 0.3) is 5.69 Å². The molecule has 1 unspecified atom stereocenters. The lowest BCUT2D eigenvalue weighted by atomic mass is 10.2. The van der Waals surface area contributed by atoms with Crippen LogP contribution in [0, 0.1) is 6.92 Å². The Morgan fingerprint density at radius 3 is 2.77 bits per heavy atom. The Hall–Kier alpha value is -1.97. The largest absolute Gasteiger partial charge is 0.243 e. The van der Waals surface area contributed by atoms with Gasteiger partial charge in [-0.3, -0.25) is 0 Å². The summed E-state index contributed by atoms with van der Waals surface area (Å²) >= 11 is 0. The van der Waals surface area contributed by atoms with Gasteiger partial charge < -0.3 is 0 Å². The van der Waals surface area contributed by atoms with Crippen LogP contribution in [-0.4, -0.2) is 55.0 Å². The van der Waals surface area contributed by atoms with E-state index in [1.807, 2.05) is 0 Å². The molecule has 0 spiro atoms. The SMILES string of the molecule is C=CCN(C1CCS(=O)(=O)C1)S(=O)(=O)c1cc(-n2cccn2)ccc1C. The standard InChI is InChI=1S/C17H21N3O4S2/c1-3-9-20(16-7-11-25(21,22)13-16)26(23,24)17-12-15(6-5-14(17)2)19-10-4-8-18-19/h3-6,8,10,12,16H,1,7,9,11,13H2,2H3. The predicted octanol–water partition coefficient (Wildman–Crippen LogP) is 1.54. The van der Waals surface area contributed by atoms with E-state index in [2.05, 4.69) is 11.7 Å². The number of nitrogens with zero attached hydrogens (tertiary/aromatic N) is 3. The van der Waals surface area contributed by atoms with Crippen molar-refractivity contribution in [2.24, 2.45) is 0 Å². The zero-order chi connectivity index (χ0) is 18.9. The summed E-state index contributed by atoms with van der Waals surface area (Å²) in [4.78, 5) is 0.150. The Balaban J connectivity index is 2.05. The van der Waals surface area contributed by atoms with E-state index in [1.54, 1.807) is 48.3 Å². The van der Waals surface area contributed by atoms with Gasteiger partial charge in [-0.1, -0.05) is 12.1 Å². The summed E-state index contributed by atoms with van der Waals surface area (Å²) in [5, 5.41) is 4.13. The normalized spacial score (nSPS) is 19.7. The molecule has 9 heteroatoms. The quantitative estimate of drug-likeness (QED) is 0.692. The van der Waals surface area contributed by atoms with Crippen LogP contribution in [0.2, 0.25) is 0 Å². The molecule has 1 aromatic carbocycles. The summed E-state index contributed by atoms with van der Waals surface area (Å²) in [6.45, 7) is 5.41. The minimum Gasteiger partial charge on any atom is -0.241 e. The van der Waals surface area contributed by atoms with E-state index in [0.29, 0.717) is 17.7 Å². The molecule has 26 heavy (non-hydrogen) atoms. The first-order chi connectivity index (χ1) is 12.2. The topological polar surface area (TPSA) is 89.3 Å². The van der Waals surface area contributed by atoms with Gasteiger partial charge in [0.15, 0.2) is 9.84 Å². The molecule has 1 aromatic heterocycles. The highest BCUT2D eigenvalue weighted by molar-refractivity contribution is 7.92. The maximum absolute atomic E-state index is 13.3. The number of aryl methyl sites for hydroxylation is 1. The van der Waals surface area contributed by atoms with Gasteiger partial charge in [-0.05, 0) is 37.1 Å². The van der Waals surface area contributed by atoms with E-state index in [1.165, 1.54) is 10.4 Å². The van der Waals surface area contributed by atoms with Crippen molar-refractivity contribution in [2.75, 3.05) is 18.1 Å². The Labute approximate surface area is 153 Å². The molecule has 7 nitrogen and oxygen atoms in total. The van der Waals surface area contributed by atoms with Crippen molar-refractivity contribution in [1.82, 2.24) is 14.1 Å². The molecule has 0 aliphatic carbocycles. The van der Waals surface area contributed by atoms with Crippen LogP contribution in [-0.2, 0) is 19.9 Å². The van der Waals surface area contributed by atoms with Crippen molar-refractivity contribution < 1.29 is 16.8 Å². The maximum atomic E-state index is 13.3. The molecule has 2 aromatic rings. The lowest BCUT2D eigenvalue weighted by Gasteiger charge is -2.27. The number of rotatable bonds is 6. The Bertz CT molecular complexity index is 1010. The van der Waals surface area contributed by atoms with E-state index >= 15 is 0 Å². The molecular formula is C17H21N3O4S2. The maximum Gasteiger partial charge on any atom is 0.243 e. The fourth-order valence-corrected chi connectivity index (χ4v) is 6.83. The van der Waals surface area contributed by atoms with Gasteiger partial charge in [-0.2, -0.15) is 9.40 Å². The highest BCUT2D eigenvalue weighted by Gasteiger charge is 2.38. The Kier molecular flexibility index (Phi) is 5.05. The van der Waals surface area contributed by atoms with Crippen LogP contribution in [0.15, 0.2) is 54.2 Å². The fraction of sp³-hybridized carbons (Fsp3) is 0.353. The highest BCUT2D eigenvalue weighted by atomic mass is 32.2. The minimum atomic E-state index is -3.88. The first-order valence-electron chi connectivity index (χ1n) is 8.18. The van der Waals surface area contributed by atoms with E-state index in [4.69, 9.17) is 0 Å². The molecule has 1 aliphatic rings. The second-order valence-corrected chi connectivity index (χ2v) is 10.4. The highest BCUT2D eigenvalue weighted by Crippen LogP contribution is 2.28. The smallest absolute Gasteiger partial charge is 0.241 e. The molecule has 0 saturated carbocycles. The number of sulfonamides is 1. The molecule has 3 rings (SSSR count).